The molecule has 0 radical (unpaired) electrons. The summed E-state index contributed by atoms with van der Waals surface area (Å²) in [5.41, 5.74) is -0.329. The highest BCUT2D eigenvalue weighted by Gasteiger charge is 2.37. The zero-order valence-corrected chi connectivity index (χ0v) is 11.5. The van der Waals surface area contributed by atoms with Gasteiger partial charge < -0.3 is 10.4 Å². The van der Waals surface area contributed by atoms with Gasteiger partial charge in [0.1, 0.15) is 0 Å². The molecule has 104 valence electrons. The maximum atomic E-state index is 12.4. The van der Waals surface area contributed by atoms with Crippen molar-refractivity contribution in [1.82, 2.24) is 10.2 Å². The third kappa shape index (κ3) is 3.04. The molecule has 1 atom stereocenters. The molecule has 1 aliphatic heterocycles. The molecule has 0 aromatic heterocycles. The van der Waals surface area contributed by atoms with Gasteiger partial charge in [0.05, 0.1) is 18.2 Å². The fraction of sp³-hybridized carbons (Fsp3) is 0.929. The van der Waals surface area contributed by atoms with Gasteiger partial charge in [-0.25, -0.2) is 0 Å². The van der Waals surface area contributed by atoms with E-state index in [2.05, 4.69) is 10.2 Å². The van der Waals surface area contributed by atoms with Crippen LogP contribution < -0.4 is 5.32 Å². The Labute approximate surface area is 110 Å². The molecule has 0 aromatic carbocycles. The number of aliphatic hydroxyl groups excluding tert-OH is 1. The van der Waals surface area contributed by atoms with Crippen molar-refractivity contribution in [2.75, 3.05) is 20.2 Å². The Kier molecular flexibility index (Phi) is 4.62. The fourth-order valence-corrected chi connectivity index (χ4v) is 3.30. The van der Waals surface area contributed by atoms with Crippen molar-refractivity contribution >= 4 is 5.91 Å². The molecule has 0 spiro atoms. The van der Waals surface area contributed by atoms with Gasteiger partial charge in [-0.2, -0.15) is 0 Å². The zero-order valence-electron chi connectivity index (χ0n) is 11.5. The molecular formula is C14H26N2O2. The number of nitrogens with one attached hydrogen (secondary N) is 1. The summed E-state index contributed by atoms with van der Waals surface area (Å²) in [4.78, 5) is 14.6. The second-order valence-corrected chi connectivity index (χ2v) is 5.98. The van der Waals surface area contributed by atoms with Crippen LogP contribution in [-0.4, -0.2) is 47.7 Å². The Balaban J connectivity index is 1.97. The first-order valence-electron chi connectivity index (χ1n) is 7.30. The van der Waals surface area contributed by atoms with Gasteiger partial charge in [0.25, 0.3) is 0 Å². The van der Waals surface area contributed by atoms with Crippen LogP contribution in [0.1, 0.15) is 51.4 Å². The second kappa shape index (κ2) is 6.02. The first-order valence-corrected chi connectivity index (χ1v) is 7.30. The molecule has 1 unspecified atom stereocenters. The SMILES string of the molecule is CN1CCCCCC1C(=O)NC1(CO)CCCC1. The fourth-order valence-electron chi connectivity index (χ4n) is 3.30. The lowest BCUT2D eigenvalue weighted by atomic mass is 9.97. The zero-order chi connectivity index (χ0) is 13.0. The van der Waals surface area contributed by atoms with Crippen LogP contribution in [-0.2, 0) is 4.79 Å². The Morgan fingerprint density at radius 3 is 2.67 bits per heavy atom. The van der Waals surface area contributed by atoms with Crippen LogP contribution in [0.4, 0.5) is 0 Å². The van der Waals surface area contributed by atoms with Gasteiger partial charge in [0.2, 0.25) is 5.91 Å². The molecule has 0 aromatic rings. The van der Waals surface area contributed by atoms with Gasteiger partial charge in [-0.1, -0.05) is 25.7 Å². The monoisotopic (exact) mass is 254 g/mol. The minimum Gasteiger partial charge on any atom is -0.394 e. The summed E-state index contributed by atoms with van der Waals surface area (Å²) in [5, 5.41) is 12.7. The molecule has 1 amide bonds. The van der Waals surface area contributed by atoms with E-state index in [1.807, 2.05) is 7.05 Å². The van der Waals surface area contributed by atoms with Crippen molar-refractivity contribution < 1.29 is 9.90 Å². The average Bonchev–Trinajstić information content (AvgIpc) is 2.71. The molecule has 1 saturated heterocycles. The summed E-state index contributed by atoms with van der Waals surface area (Å²) >= 11 is 0. The molecule has 2 fully saturated rings. The second-order valence-electron chi connectivity index (χ2n) is 5.98. The maximum absolute atomic E-state index is 12.4. The van der Waals surface area contributed by atoms with Crippen molar-refractivity contribution in [2.24, 2.45) is 0 Å². The molecule has 1 aliphatic carbocycles. The van der Waals surface area contributed by atoms with Crippen molar-refractivity contribution in [3.63, 3.8) is 0 Å². The van der Waals surface area contributed by atoms with Gasteiger partial charge in [0, 0.05) is 0 Å². The molecule has 2 aliphatic rings. The van der Waals surface area contributed by atoms with Gasteiger partial charge in [-0.15, -0.1) is 0 Å². The lowest BCUT2D eigenvalue weighted by molar-refractivity contribution is -0.128. The van der Waals surface area contributed by atoms with Crippen molar-refractivity contribution in [3.05, 3.63) is 0 Å². The summed E-state index contributed by atoms with van der Waals surface area (Å²) in [5.74, 6) is 0.121. The third-order valence-corrected chi connectivity index (χ3v) is 4.57. The molecular weight excluding hydrogens is 228 g/mol. The largest absolute Gasteiger partial charge is 0.394 e. The molecule has 0 bridgehead atoms. The van der Waals surface area contributed by atoms with E-state index < -0.39 is 0 Å². The summed E-state index contributed by atoms with van der Waals surface area (Å²) < 4.78 is 0. The topological polar surface area (TPSA) is 52.6 Å². The summed E-state index contributed by atoms with van der Waals surface area (Å²) in [6.07, 6.45) is 8.56. The van der Waals surface area contributed by atoms with Crippen LogP contribution >= 0.6 is 0 Å². The van der Waals surface area contributed by atoms with E-state index in [0.29, 0.717) is 0 Å². The molecule has 1 heterocycles. The predicted molar refractivity (Wildman–Crippen MR) is 71.3 cm³/mol. The number of amides is 1. The van der Waals surface area contributed by atoms with Crippen molar-refractivity contribution in [3.8, 4) is 0 Å². The van der Waals surface area contributed by atoms with Crippen molar-refractivity contribution in [2.45, 2.75) is 62.9 Å². The van der Waals surface area contributed by atoms with Crippen LogP contribution in [0.25, 0.3) is 0 Å². The standard InChI is InChI=1S/C14H26N2O2/c1-16-10-6-2-3-7-12(16)13(18)15-14(11-17)8-4-5-9-14/h12,17H,2-11H2,1H3,(H,15,18). The highest BCUT2D eigenvalue weighted by molar-refractivity contribution is 5.82. The minimum atomic E-state index is -0.329. The number of hydrogen-bond acceptors (Lipinski definition) is 3. The van der Waals surface area contributed by atoms with Gasteiger partial charge >= 0.3 is 0 Å². The number of carbonyl (C=O) groups excluding carboxylic acids is 1. The highest BCUT2D eigenvalue weighted by atomic mass is 16.3. The van der Waals surface area contributed by atoms with Crippen LogP contribution in [0.5, 0.6) is 0 Å². The molecule has 1 saturated carbocycles. The lowest BCUT2D eigenvalue weighted by Crippen LogP contribution is -2.55. The number of rotatable bonds is 3. The van der Waals surface area contributed by atoms with Crippen LogP contribution in [0, 0.1) is 0 Å². The highest BCUT2D eigenvalue weighted by Crippen LogP contribution is 2.29. The first kappa shape index (κ1) is 13.8. The lowest BCUT2D eigenvalue weighted by Gasteiger charge is -2.32. The Morgan fingerprint density at radius 2 is 2.00 bits per heavy atom. The van der Waals surface area contributed by atoms with E-state index in [9.17, 15) is 9.90 Å². The van der Waals surface area contributed by atoms with Gasteiger partial charge in [-0.05, 0) is 39.3 Å². The van der Waals surface area contributed by atoms with E-state index >= 15 is 0 Å². The van der Waals surface area contributed by atoms with Crippen molar-refractivity contribution in [1.29, 1.82) is 0 Å². The predicted octanol–water partition coefficient (Wildman–Crippen LogP) is 1.28. The van der Waals surface area contributed by atoms with E-state index in [1.54, 1.807) is 0 Å². The molecule has 4 nitrogen and oxygen atoms in total. The minimum absolute atomic E-state index is 0.00322. The maximum Gasteiger partial charge on any atom is 0.237 e. The Morgan fingerprint density at radius 1 is 1.28 bits per heavy atom. The number of likely N-dealkylation sites (N-methyl/N-ethyl adjacent to an activating group) is 1. The number of carbonyl (C=O) groups is 1. The van der Waals surface area contributed by atoms with E-state index in [1.165, 1.54) is 12.8 Å². The summed E-state index contributed by atoms with van der Waals surface area (Å²) in [6.45, 7) is 1.08. The molecule has 18 heavy (non-hydrogen) atoms. The molecule has 2 N–H and O–H groups in total. The number of aliphatic hydroxyl groups is 1. The van der Waals surface area contributed by atoms with Gasteiger partial charge in [-0.3, -0.25) is 9.69 Å². The quantitative estimate of drug-likeness (QED) is 0.798. The number of nitrogens with zero attached hydrogens (tertiary/aromatic N) is 1. The Hall–Kier alpha value is -0.610. The third-order valence-electron chi connectivity index (χ3n) is 4.57. The van der Waals surface area contributed by atoms with Crippen LogP contribution in [0.3, 0.4) is 0 Å². The first-order chi connectivity index (χ1) is 8.67. The van der Waals surface area contributed by atoms with E-state index in [4.69, 9.17) is 0 Å². The Bertz CT molecular complexity index is 288. The van der Waals surface area contributed by atoms with Crippen LogP contribution in [0.15, 0.2) is 0 Å². The average molecular weight is 254 g/mol. The van der Waals surface area contributed by atoms with Crippen LogP contribution in [0.2, 0.25) is 0 Å². The molecule has 2 rings (SSSR count). The van der Waals surface area contributed by atoms with Gasteiger partial charge in [0.15, 0.2) is 0 Å². The number of likely N-dealkylation sites (tertiary alicyclic amines) is 1. The summed E-state index contributed by atoms with van der Waals surface area (Å²) in [6, 6.07) is -0.00322. The summed E-state index contributed by atoms with van der Waals surface area (Å²) in [7, 11) is 2.04. The number of hydrogen-bond donors (Lipinski definition) is 2. The normalized spacial score (nSPS) is 28.9. The molecule has 4 heteroatoms. The van der Waals surface area contributed by atoms with E-state index in [0.717, 1.165) is 45.1 Å². The van der Waals surface area contributed by atoms with E-state index in [-0.39, 0.29) is 24.1 Å². The smallest absolute Gasteiger partial charge is 0.237 e.